The van der Waals surface area contributed by atoms with Crippen molar-refractivity contribution in [2.75, 3.05) is 6.61 Å². The van der Waals surface area contributed by atoms with Gasteiger partial charge in [-0.15, -0.1) is 0 Å². The number of nitrogens with zero attached hydrogens (tertiary/aromatic N) is 1. The second-order valence-corrected chi connectivity index (χ2v) is 3.77. The first kappa shape index (κ1) is 9.42. The zero-order chi connectivity index (χ0) is 10.8. The Hall–Kier alpha value is -1.81. The average Bonchev–Trinajstić information content (AvgIpc) is 2.76. The first-order valence-corrected chi connectivity index (χ1v) is 5.25. The van der Waals surface area contributed by atoms with Crippen molar-refractivity contribution in [3.63, 3.8) is 0 Å². The number of pyridine rings is 1. The van der Waals surface area contributed by atoms with Crippen molar-refractivity contribution in [3.05, 3.63) is 48.0 Å². The van der Waals surface area contributed by atoms with Crippen molar-refractivity contribution in [3.8, 4) is 5.88 Å². The van der Waals surface area contributed by atoms with E-state index in [0.29, 0.717) is 6.61 Å². The Labute approximate surface area is 93.3 Å². The lowest BCUT2D eigenvalue weighted by Gasteiger charge is -2.12. The van der Waals surface area contributed by atoms with Crippen molar-refractivity contribution < 1.29 is 9.15 Å². The van der Waals surface area contributed by atoms with Gasteiger partial charge in [0.1, 0.15) is 6.61 Å². The molecule has 16 heavy (non-hydrogen) atoms. The van der Waals surface area contributed by atoms with E-state index in [9.17, 15) is 0 Å². The maximum Gasteiger partial charge on any atom is 0.217 e. The van der Waals surface area contributed by atoms with Crippen LogP contribution in [0.1, 0.15) is 17.2 Å². The smallest absolute Gasteiger partial charge is 0.217 e. The molecule has 3 heterocycles. The van der Waals surface area contributed by atoms with Crippen LogP contribution >= 0.6 is 0 Å². The molecule has 4 nitrogen and oxygen atoms in total. The van der Waals surface area contributed by atoms with Gasteiger partial charge >= 0.3 is 0 Å². The lowest BCUT2D eigenvalue weighted by atomic mass is 10.1. The summed E-state index contributed by atoms with van der Waals surface area (Å²) in [6.07, 6.45) is 5.16. The topological polar surface area (TPSA) is 47.3 Å². The highest BCUT2D eigenvalue weighted by Crippen LogP contribution is 2.22. The second-order valence-electron chi connectivity index (χ2n) is 3.77. The lowest BCUT2D eigenvalue weighted by molar-refractivity contribution is 0.271. The summed E-state index contributed by atoms with van der Waals surface area (Å²) in [5.74, 6) is 0.723. The maximum absolute atomic E-state index is 5.67. The fraction of sp³-hybridized carbons (Fsp3) is 0.250. The molecule has 0 saturated heterocycles. The molecule has 2 aromatic rings. The van der Waals surface area contributed by atoms with Gasteiger partial charge in [-0.05, 0) is 12.1 Å². The average molecular weight is 216 g/mol. The van der Waals surface area contributed by atoms with E-state index in [1.54, 1.807) is 18.7 Å². The number of furan rings is 1. The van der Waals surface area contributed by atoms with E-state index in [2.05, 4.69) is 10.3 Å². The van der Waals surface area contributed by atoms with Gasteiger partial charge in [-0.3, -0.25) is 0 Å². The molecule has 1 aliphatic rings. The number of fused-ring (bicyclic) bond motifs is 1. The Balaban J connectivity index is 1.82. The molecule has 0 radical (unpaired) electrons. The van der Waals surface area contributed by atoms with Crippen molar-refractivity contribution >= 4 is 0 Å². The van der Waals surface area contributed by atoms with E-state index in [-0.39, 0.29) is 6.04 Å². The van der Waals surface area contributed by atoms with Crippen molar-refractivity contribution in [2.24, 2.45) is 0 Å². The molecule has 1 atom stereocenters. The molecule has 0 aliphatic carbocycles. The van der Waals surface area contributed by atoms with Crippen LogP contribution in [-0.2, 0) is 6.54 Å². The Morgan fingerprint density at radius 1 is 1.38 bits per heavy atom. The minimum atomic E-state index is 0.160. The van der Waals surface area contributed by atoms with Gasteiger partial charge in [0, 0.05) is 23.9 Å². The fourth-order valence-electron chi connectivity index (χ4n) is 1.83. The van der Waals surface area contributed by atoms with Gasteiger partial charge in [-0.25, -0.2) is 4.98 Å². The van der Waals surface area contributed by atoms with Crippen LogP contribution in [0.4, 0.5) is 0 Å². The van der Waals surface area contributed by atoms with Crippen LogP contribution in [0, 0.1) is 0 Å². The zero-order valence-electron chi connectivity index (χ0n) is 8.72. The molecular weight excluding hydrogens is 204 g/mol. The van der Waals surface area contributed by atoms with Gasteiger partial charge < -0.3 is 14.5 Å². The minimum absolute atomic E-state index is 0.160. The largest absolute Gasteiger partial charge is 0.475 e. The number of rotatable bonds is 1. The van der Waals surface area contributed by atoms with E-state index in [4.69, 9.17) is 9.15 Å². The molecule has 0 spiro atoms. The molecule has 0 aromatic carbocycles. The predicted octanol–water partition coefficient (Wildman–Crippen LogP) is 1.90. The normalized spacial score (nSPS) is 19.6. The first-order valence-electron chi connectivity index (χ1n) is 5.25. The minimum Gasteiger partial charge on any atom is -0.475 e. The van der Waals surface area contributed by atoms with Gasteiger partial charge in [0.05, 0.1) is 18.6 Å². The lowest BCUT2D eigenvalue weighted by Crippen LogP contribution is -2.23. The quantitative estimate of drug-likeness (QED) is 0.790. The molecule has 1 unspecified atom stereocenters. The van der Waals surface area contributed by atoms with Gasteiger partial charge in [-0.2, -0.15) is 0 Å². The van der Waals surface area contributed by atoms with Crippen LogP contribution in [0.5, 0.6) is 5.88 Å². The molecule has 1 N–H and O–H groups in total. The summed E-state index contributed by atoms with van der Waals surface area (Å²) in [4.78, 5) is 4.21. The molecule has 1 aliphatic heterocycles. The highest BCUT2D eigenvalue weighted by molar-refractivity contribution is 5.27. The molecule has 0 fully saturated rings. The summed E-state index contributed by atoms with van der Waals surface area (Å²) in [6.45, 7) is 1.34. The highest BCUT2D eigenvalue weighted by atomic mass is 16.5. The summed E-state index contributed by atoms with van der Waals surface area (Å²) >= 11 is 0. The van der Waals surface area contributed by atoms with Gasteiger partial charge in [0.15, 0.2) is 0 Å². The Morgan fingerprint density at radius 3 is 3.25 bits per heavy atom. The predicted molar refractivity (Wildman–Crippen MR) is 58.0 cm³/mol. The molecule has 0 bridgehead atoms. The number of hydrogen-bond donors (Lipinski definition) is 1. The highest BCUT2D eigenvalue weighted by Gasteiger charge is 2.19. The standard InChI is InChI=1S/C12H12N2O2/c1-2-9-6-14-11(10-3-5-15-7-10)8-16-12(9)13-4-1/h1-5,7,11,14H,6,8H2. The third-order valence-corrected chi connectivity index (χ3v) is 2.72. The summed E-state index contributed by atoms with van der Waals surface area (Å²) in [7, 11) is 0. The van der Waals surface area contributed by atoms with Crippen LogP contribution in [0.3, 0.4) is 0 Å². The van der Waals surface area contributed by atoms with E-state index < -0.39 is 0 Å². The van der Waals surface area contributed by atoms with Crippen LogP contribution in [0.15, 0.2) is 41.3 Å². The third kappa shape index (κ3) is 1.67. The van der Waals surface area contributed by atoms with E-state index in [1.165, 1.54) is 0 Å². The van der Waals surface area contributed by atoms with Crippen molar-refractivity contribution in [2.45, 2.75) is 12.6 Å². The summed E-state index contributed by atoms with van der Waals surface area (Å²) < 4.78 is 10.7. The third-order valence-electron chi connectivity index (χ3n) is 2.72. The van der Waals surface area contributed by atoms with Gasteiger partial charge in [0.25, 0.3) is 0 Å². The van der Waals surface area contributed by atoms with Gasteiger partial charge in [-0.1, -0.05) is 6.07 Å². The van der Waals surface area contributed by atoms with E-state index in [0.717, 1.165) is 23.6 Å². The summed E-state index contributed by atoms with van der Waals surface area (Å²) in [5, 5.41) is 3.42. The monoisotopic (exact) mass is 216 g/mol. The SMILES string of the molecule is c1cnc2c(c1)CNC(c1ccoc1)CO2. The second kappa shape index (κ2) is 3.98. The number of ether oxygens (including phenoxy) is 1. The number of aromatic nitrogens is 1. The Morgan fingerprint density at radius 2 is 2.38 bits per heavy atom. The number of nitrogens with one attached hydrogen (secondary N) is 1. The Kier molecular flexibility index (Phi) is 2.34. The molecule has 0 saturated carbocycles. The van der Waals surface area contributed by atoms with Crippen LogP contribution < -0.4 is 10.1 Å². The summed E-state index contributed by atoms with van der Waals surface area (Å²) in [5.41, 5.74) is 2.20. The van der Waals surface area contributed by atoms with Crippen LogP contribution in [0.25, 0.3) is 0 Å². The zero-order valence-corrected chi connectivity index (χ0v) is 8.72. The fourth-order valence-corrected chi connectivity index (χ4v) is 1.83. The molecule has 3 rings (SSSR count). The summed E-state index contributed by atoms with van der Waals surface area (Å²) in [6, 6.07) is 6.05. The molecule has 82 valence electrons. The Bertz CT molecular complexity index is 441. The molecule has 4 heteroatoms. The van der Waals surface area contributed by atoms with Crippen LogP contribution in [0.2, 0.25) is 0 Å². The van der Waals surface area contributed by atoms with E-state index in [1.807, 2.05) is 18.2 Å². The molecular formula is C12H12N2O2. The maximum atomic E-state index is 5.67. The van der Waals surface area contributed by atoms with Crippen molar-refractivity contribution in [1.82, 2.24) is 10.3 Å². The molecule has 0 amide bonds. The van der Waals surface area contributed by atoms with Crippen LogP contribution in [-0.4, -0.2) is 11.6 Å². The number of hydrogen-bond acceptors (Lipinski definition) is 4. The van der Waals surface area contributed by atoms with Gasteiger partial charge in [0.2, 0.25) is 5.88 Å². The van der Waals surface area contributed by atoms with E-state index >= 15 is 0 Å². The molecule has 2 aromatic heterocycles. The first-order chi connectivity index (χ1) is 7.93. The van der Waals surface area contributed by atoms with Crippen molar-refractivity contribution in [1.29, 1.82) is 0 Å².